The molecular weight excluding hydrogens is 334 g/mol. The molecule has 0 saturated carbocycles. The Bertz CT molecular complexity index is 728. The van der Waals surface area contributed by atoms with E-state index < -0.39 is 0 Å². The van der Waals surface area contributed by atoms with Crippen LogP contribution in [0.1, 0.15) is 36.2 Å². The zero-order valence-corrected chi connectivity index (χ0v) is 15.0. The first-order chi connectivity index (χ1) is 12.6. The second-order valence-electron chi connectivity index (χ2n) is 6.34. The van der Waals surface area contributed by atoms with Crippen LogP contribution in [0, 0.1) is 0 Å². The second-order valence-corrected chi connectivity index (χ2v) is 6.34. The standard InChI is InChI=1S/C19H23N3O4/c1-13(2)25-17-4-3-14(10-21-17)11-22-19(23)15-5-7-20-18(9-15)26-16-6-8-24-12-16/h3-5,7,9-10,13,16H,6,8,11-12H2,1-2H3,(H,22,23). The fraction of sp³-hybridized carbons (Fsp3) is 0.421. The molecule has 1 unspecified atom stereocenters. The van der Waals surface area contributed by atoms with Gasteiger partial charge < -0.3 is 19.5 Å². The summed E-state index contributed by atoms with van der Waals surface area (Å²) in [5, 5.41) is 2.87. The van der Waals surface area contributed by atoms with Crippen molar-refractivity contribution < 1.29 is 19.0 Å². The number of nitrogens with zero attached hydrogens (tertiary/aromatic N) is 2. The van der Waals surface area contributed by atoms with Gasteiger partial charge in [0.25, 0.3) is 5.91 Å². The molecule has 1 aliphatic heterocycles. The van der Waals surface area contributed by atoms with E-state index in [1.807, 2.05) is 19.9 Å². The monoisotopic (exact) mass is 357 g/mol. The number of ether oxygens (including phenoxy) is 3. The number of pyridine rings is 2. The SMILES string of the molecule is CC(C)Oc1ccc(CNC(=O)c2ccnc(OC3CCOC3)c2)cn1. The van der Waals surface area contributed by atoms with Crippen LogP contribution in [-0.4, -0.2) is 41.3 Å². The molecular formula is C19H23N3O4. The molecule has 2 aromatic heterocycles. The minimum atomic E-state index is -0.192. The molecule has 7 nitrogen and oxygen atoms in total. The highest BCUT2D eigenvalue weighted by molar-refractivity contribution is 5.94. The third-order valence-electron chi connectivity index (χ3n) is 3.78. The molecule has 1 saturated heterocycles. The van der Waals surface area contributed by atoms with Crippen LogP contribution in [0.2, 0.25) is 0 Å². The van der Waals surface area contributed by atoms with Gasteiger partial charge in [0.15, 0.2) is 0 Å². The van der Waals surface area contributed by atoms with Gasteiger partial charge in [-0.2, -0.15) is 0 Å². The fourth-order valence-corrected chi connectivity index (χ4v) is 2.50. The van der Waals surface area contributed by atoms with Gasteiger partial charge in [-0.25, -0.2) is 9.97 Å². The Balaban J connectivity index is 1.54. The van der Waals surface area contributed by atoms with E-state index in [1.54, 1.807) is 30.6 Å². The van der Waals surface area contributed by atoms with Crippen molar-refractivity contribution in [1.82, 2.24) is 15.3 Å². The van der Waals surface area contributed by atoms with Crippen molar-refractivity contribution in [3.8, 4) is 11.8 Å². The molecule has 1 aliphatic rings. The molecule has 1 amide bonds. The first kappa shape index (κ1) is 18.1. The maximum atomic E-state index is 12.4. The number of aromatic nitrogens is 2. The van der Waals surface area contributed by atoms with Crippen molar-refractivity contribution >= 4 is 5.91 Å². The van der Waals surface area contributed by atoms with E-state index in [4.69, 9.17) is 14.2 Å². The summed E-state index contributed by atoms with van der Waals surface area (Å²) in [6.45, 7) is 5.52. The lowest BCUT2D eigenvalue weighted by Gasteiger charge is -2.12. The van der Waals surface area contributed by atoms with E-state index in [9.17, 15) is 4.79 Å². The van der Waals surface area contributed by atoms with Crippen LogP contribution in [0.4, 0.5) is 0 Å². The minimum Gasteiger partial charge on any atom is -0.475 e. The van der Waals surface area contributed by atoms with Gasteiger partial charge in [0, 0.05) is 43.1 Å². The number of carbonyl (C=O) groups excluding carboxylic acids is 1. The first-order valence-corrected chi connectivity index (χ1v) is 8.70. The lowest BCUT2D eigenvalue weighted by atomic mass is 10.2. The summed E-state index contributed by atoms with van der Waals surface area (Å²) in [6.07, 6.45) is 4.17. The second kappa shape index (κ2) is 8.62. The molecule has 3 heterocycles. The smallest absolute Gasteiger partial charge is 0.251 e. The summed E-state index contributed by atoms with van der Waals surface area (Å²) in [4.78, 5) is 20.7. The van der Waals surface area contributed by atoms with Crippen LogP contribution < -0.4 is 14.8 Å². The minimum absolute atomic E-state index is 0.00143. The topological polar surface area (TPSA) is 82.6 Å². The van der Waals surface area contributed by atoms with Gasteiger partial charge in [-0.3, -0.25) is 4.79 Å². The average Bonchev–Trinajstić information content (AvgIpc) is 3.13. The van der Waals surface area contributed by atoms with Crippen LogP contribution in [-0.2, 0) is 11.3 Å². The van der Waals surface area contributed by atoms with Crippen molar-refractivity contribution in [2.75, 3.05) is 13.2 Å². The van der Waals surface area contributed by atoms with E-state index in [0.29, 0.717) is 37.1 Å². The largest absolute Gasteiger partial charge is 0.475 e. The van der Waals surface area contributed by atoms with Crippen molar-refractivity contribution in [2.24, 2.45) is 0 Å². The number of nitrogens with one attached hydrogen (secondary N) is 1. The Labute approximate surface area is 152 Å². The van der Waals surface area contributed by atoms with Gasteiger partial charge in [-0.1, -0.05) is 6.07 Å². The van der Waals surface area contributed by atoms with E-state index >= 15 is 0 Å². The third-order valence-corrected chi connectivity index (χ3v) is 3.78. The van der Waals surface area contributed by atoms with Gasteiger partial charge in [-0.15, -0.1) is 0 Å². The quantitative estimate of drug-likeness (QED) is 0.819. The molecule has 0 aromatic carbocycles. The maximum absolute atomic E-state index is 12.4. The van der Waals surface area contributed by atoms with Crippen molar-refractivity contribution in [3.05, 3.63) is 47.8 Å². The average molecular weight is 357 g/mol. The van der Waals surface area contributed by atoms with E-state index in [0.717, 1.165) is 12.0 Å². The van der Waals surface area contributed by atoms with Crippen LogP contribution in [0.3, 0.4) is 0 Å². The summed E-state index contributed by atoms with van der Waals surface area (Å²) in [7, 11) is 0. The highest BCUT2D eigenvalue weighted by Gasteiger charge is 2.18. The number of hydrogen-bond acceptors (Lipinski definition) is 6. The van der Waals surface area contributed by atoms with E-state index in [1.165, 1.54) is 0 Å². The summed E-state index contributed by atoms with van der Waals surface area (Å²) in [6, 6.07) is 6.98. The van der Waals surface area contributed by atoms with Crippen LogP contribution in [0.25, 0.3) is 0 Å². The summed E-state index contributed by atoms with van der Waals surface area (Å²) >= 11 is 0. The molecule has 3 rings (SSSR count). The third kappa shape index (κ3) is 5.16. The zero-order valence-electron chi connectivity index (χ0n) is 15.0. The zero-order chi connectivity index (χ0) is 18.4. The first-order valence-electron chi connectivity index (χ1n) is 8.70. The Morgan fingerprint density at radius 3 is 2.88 bits per heavy atom. The molecule has 1 N–H and O–H groups in total. The highest BCUT2D eigenvalue weighted by atomic mass is 16.5. The van der Waals surface area contributed by atoms with E-state index in [2.05, 4.69) is 15.3 Å². The Kier molecular flexibility index (Phi) is 6.01. The van der Waals surface area contributed by atoms with Gasteiger partial charge in [0.2, 0.25) is 11.8 Å². The van der Waals surface area contributed by atoms with Crippen molar-refractivity contribution in [2.45, 2.75) is 39.0 Å². The van der Waals surface area contributed by atoms with Crippen molar-refractivity contribution in [3.63, 3.8) is 0 Å². The van der Waals surface area contributed by atoms with Crippen LogP contribution in [0.15, 0.2) is 36.7 Å². The van der Waals surface area contributed by atoms with Gasteiger partial charge >= 0.3 is 0 Å². The number of carbonyl (C=O) groups is 1. The molecule has 7 heteroatoms. The predicted octanol–water partition coefficient (Wildman–Crippen LogP) is 2.36. The summed E-state index contributed by atoms with van der Waals surface area (Å²) in [5.41, 5.74) is 1.39. The molecule has 26 heavy (non-hydrogen) atoms. The molecule has 0 spiro atoms. The van der Waals surface area contributed by atoms with Crippen LogP contribution in [0.5, 0.6) is 11.8 Å². The van der Waals surface area contributed by atoms with Gasteiger partial charge in [0.05, 0.1) is 19.3 Å². The predicted molar refractivity (Wildman–Crippen MR) is 95.3 cm³/mol. The maximum Gasteiger partial charge on any atom is 0.251 e. The molecule has 138 valence electrons. The molecule has 2 aromatic rings. The Morgan fingerprint density at radius 1 is 1.31 bits per heavy atom. The Hall–Kier alpha value is -2.67. The van der Waals surface area contributed by atoms with Crippen molar-refractivity contribution in [1.29, 1.82) is 0 Å². The molecule has 0 bridgehead atoms. The number of rotatable bonds is 7. The Morgan fingerprint density at radius 2 is 2.19 bits per heavy atom. The van der Waals surface area contributed by atoms with E-state index in [-0.39, 0.29) is 18.1 Å². The van der Waals surface area contributed by atoms with Crippen LogP contribution >= 0.6 is 0 Å². The summed E-state index contributed by atoms with van der Waals surface area (Å²) < 4.78 is 16.5. The molecule has 0 aliphatic carbocycles. The molecule has 0 radical (unpaired) electrons. The number of amides is 1. The molecule has 1 fully saturated rings. The lowest BCUT2D eigenvalue weighted by Crippen LogP contribution is -2.23. The lowest BCUT2D eigenvalue weighted by molar-refractivity contribution is 0.0949. The molecule has 1 atom stereocenters. The normalized spacial score (nSPS) is 16.5. The summed E-state index contributed by atoms with van der Waals surface area (Å²) in [5.74, 6) is 0.814. The van der Waals surface area contributed by atoms with Gasteiger partial charge in [0.1, 0.15) is 6.10 Å². The fourth-order valence-electron chi connectivity index (χ4n) is 2.50. The van der Waals surface area contributed by atoms with Gasteiger partial charge in [-0.05, 0) is 25.5 Å². The number of hydrogen-bond donors (Lipinski definition) is 1. The highest BCUT2D eigenvalue weighted by Crippen LogP contribution is 2.16.